The molecule has 0 heterocycles. The van der Waals surface area contributed by atoms with Crippen molar-refractivity contribution in [3.63, 3.8) is 0 Å². The molecule has 0 amide bonds. The molecule has 0 aliphatic heterocycles. The van der Waals surface area contributed by atoms with E-state index in [2.05, 4.69) is 48.5 Å². The Morgan fingerprint density at radius 2 is 0.495 bits per heavy atom. The first-order valence-corrected chi connectivity index (χ1v) is 41.3. The van der Waals surface area contributed by atoms with Crippen molar-refractivity contribution in [3.05, 3.63) is 0 Å². The highest BCUT2D eigenvalue weighted by atomic mass is 31.2. The molecule has 19 heteroatoms. The van der Waals surface area contributed by atoms with Gasteiger partial charge in [-0.2, -0.15) is 0 Å². The fourth-order valence-corrected chi connectivity index (χ4v) is 12.8. The van der Waals surface area contributed by atoms with Crippen LogP contribution in [0, 0.1) is 17.8 Å². The number of carbonyl (C=O) groups is 4. The molecule has 2 unspecified atom stereocenters. The minimum atomic E-state index is -4.96. The van der Waals surface area contributed by atoms with Crippen LogP contribution in [0.1, 0.15) is 376 Å². The lowest BCUT2D eigenvalue weighted by Crippen LogP contribution is -2.30. The molecule has 0 aliphatic carbocycles. The molecular weight excluding hydrogens is 1220 g/mol. The summed E-state index contributed by atoms with van der Waals surface area (Å²) in [4.78, 5) is 72.7. The Morgan fingerprint density at radius 3 is 0.731 bits per heavy atom. The van der Waals surface area contributed by atoms with Gasteiger partial charge in [-0.3, -0.25) is 37.3 Å². The second-order valence-corrected chi connectivity index (χ2v) is 31.0. The molecule has 0 rings (SSSR count). The van der Waals surface area contributed by atoms with Crippen molar-refractivity contribution in [1.29, 1.82) is 0 Å². The monoisotopic (exact) mass is 1370 g/mol. The first kappa shape index (κ1) is 91.1. The molecule has 17 nitrogen and oxygen atoms in total. The van der Waals surface area contributed by atoms with E-state index in [0.717, 1.165) is 108 Å². The SMILES string of the molecule is CCCCCCCCCCCCCCCCC(=O)OC[C@H](COP(=O)(O)OC[C@@H](O)COP(=O)(O)OC[C@@H](COC(=O)CCCCCCCCCC(C)C)OC(=O)CCCCCCCCCCCC(C)C)OC(=O)CCCCCCCCCCCCCCCCC(C)C. The third-order valence-corrected chi connectivity index (χ3v) is 19.0. The van der Waals surface area contributed by atoms with E-state index in [1.807, 2.05) is 0 Å². The molecule has 93 heavy (non-hydrogen) atoms. The molecule has 0 aromatic carbocycles. The second-order valence-electron chi connectivity index (χ2n) is 28.1. The van der Waals surface area contributed by atoms with Crippen molar-refractivity contribution in [3.8, 4) is 0 Å². The van der Waals surface area contributed by atoms with Crippen molar-refractivity contribution in [1.82, 2.24) is 0 Å². The second kappa shape index (κ2) is 64.7. The van der Waals surface area contributed by atoms with Crippen LogP contribution in [0.3, 0.4) is 0 Å². The summed E-state index contributed by atoms with van der Waals surface area (Å²) < 4.78 is 68.4. The summed E-state index contributed by atoms with van der Waals surface area (Å²) >= 11 is 0. The highest BCUT2D eigenvalue weighted by Gasteiger charge is 2.30. The average molecular weight is 1370 g/mol. The van der Waals surface area contributed by atoms with Gasteiger partial charge in [-0.1, -0.05) is 325 Å². The van der Waals surface area contributed by atoms with Crippen LogP contribution < -0.4 is 0 Å². The lowest BCUT2D eigenvalue weighted by Gasteiger charge is -2.21. The molecule has 0 saturated carbocycles. The van der Waals surface area contributed by atoms with Gasteiger partial charge in [-0.25, -0.2) is 9.13 Å². The number of hydrogen-bond donors (Lipinski definition) is 3. The maximum Gasteiger partial charge on any atom is 0.472 e. The number of ether oxygens (including phenoxy) is 4. The van der Waals surface area contributed by atoms with Crippen molar-refractivity contribution < 1.29 is 80.2 Å². The Balaban J connectivity index is 5.25. The lowest BCUT2D eigenvalue weighted by molar-refractivity contribution is -0.161. The van der Waals surface area contributed by atoms with Gasteiger partial charge >= 0.3 is 39.5 Å². The van der Waals surface area contributed by atoms with Gasteiger partial charge in [0.05, 0.1) is 26.4 Å². The van der Waals surface area contributed by atoms with Crippen LogP contribution in [0.2, 0.25) is 0 Å². The first-order valence-electron chi connectivity index (χ1n) is 38.3. The van der Waals surface area contributed by atoms with Crippen LogP contribution in [-0.2, 0) is 65.4 Å². The predicted octanol–water partition coefficient (Wildman–Crippen LogP) is 21.4. The summed E-state index contributed by atoms with van der Waals surface area (Å²) in [7, 11) is -9.91. The van der Waals surface area contributed by atoms with E-state index in [9.17, 15) is 43.2 Å². The van der Waals surface area contributed by atoms with E-state index in [1.165, 1.54) is 180 Å². The number of esters is 4. The quantitative estimate of drug-likeness (QED) is 0.0222. The lowest BCUT2D eigenvalue weighted by atomic mass is 10.0. The average Bonchev–Trinajstić information content (AvgIpc) is 1.60. The van der Waals surface area contributed by atoms with Crippen molar-refractivity contribution in [2.45, 2.75) is 394 Å². The molecular formula is C74H144O17P2. The molecule has 0 saturated heterocycles. The van der Waals surface area contributed by atoms with E-state index in [1.54, 1.807) is 0 Å². The molecule has 0 radical (unpaired) electrons. The van der Waals surface area contributed by atoms with Crippen LogP contribution in [0.4, 0.5) is 0 Å². The largest absolute Gasteiger partial charge is 0.472 e. The van der Waals surface area contributed by atoms with Crippen LogP contribution in [0.5, 0.6) is 0 Å². The Morgan fingerprint density at radius 1 is 0.290 bits per heavy atom. The van der Waals surface area contributed by atoms with Crippen molar-refractivity contribution in [2.75, 3.05) is 39.6 Å². The summed E-state index contributed by atoms with van der Waals surface area (Å²) in [5, 5.41) is 10.6. The topological polar surface area (TPSA) is 237 Å². The fraction of sp³-hybridized carbons (Fsp3) is 0.946. The van der Waals surface area contributed by atoms with Crippen LogP contribution in [0.25, 0.3) is 0 Å². The summed E-state index contributed by atoms with van der Waals surface area (Å²) in [6.45, 7) is 11.8. The minimum absolute atomic E-state index is 0.104. The Kier molecular flexibility index (Phi) is 63.4. The number of phosphoric acid groups is 2. The highest BCUT2D eigenvalue weighted by Crippen LogP contribution is 2.45. The molecule has 0 aromatic rings. The van der Waals surface area contributed by atoms with Gasteiger partial charge in [-0.15, -0.1) is 0 Å². The number of aliphatic hydroxyl groups excluding tert-OH is 1. The number of phosphoric ester groups is 2. The Bertz CT molecular complexity index is 1820. The van der Waals surface area contributed by atoms with E-state index >= 15 is 0 Å². The molecule has 552 valence electrons. The van der Waals surface area contributed by atoms with Gasteiger partial charge < -0.3 is 33.8 Å². The molecule has 0 aromatic heterocycles. The minimum Gasteiger partial charge on any atom is -0.462 e. The zero-order valence-corrected chi connectivity index (χ0v) is 62.5. The third-order valence-electron chi connectivity index (χ3n) is 17.1. The summed E-state index contributed by atoms with van der Waals surface area (Å²) in [6, 6.07) is 0. The molecule has 0 aliphatic rings. The third kappa shape index (κ3) is 68.4. The number of hydrogen-bond acceptors (Lipinski definition) is 15. The van der Waals surface area contributed by atoms with E-state index in [0.29, 0.717) is 31.6 Å². The summed E-state index contributed by atoms with van der Waals surface area (Å²) in [6.07, 6.45) is 50.0. The maximum atomic E-state index is 13.1. The fourth-order valence-electron chi connectivity index (χ4n) is 11.2. The number of unbranched alkanes of at least 4 members (excludes halogenated alkanes) is 40. The summed E-state index contributed by atoms with van der Waals surface area (Å²) in [5.74, 6) is 0.116. The van der Waals surface area contributed by atoms with Gasteiger partial charge in [0.15, 0.2) is 12.2 Å². The molecule has 0 spiro atoms. The smallest absolute Gasteiger partial charge is 0.462 e. The standard InChI is InChI=1S/C74H144O17P2/c1-8-9-10-11-12-13-14-15-19-22-27-34-41-48-55-71(76)84-61-69(90-73(78)57-50-43-35-28-23-20-17-16-18-21-25-31-38-45-52-65(2)3)63-88-92(80,81)86-59-68(75)60-87-93(82,83)89-64-70(62-85-72(77)56-49-42-37-30-33-40-47-54-67(6)7)91-74(79)58-51-44-36-29-24-26-32-39-46-53-66(4)5/h65-70,75H,8-64H2,1-7H3,(H,80,81)(H,82,83)/t68-,69-,70-/m1/s1. The Hall–Kier alpha value is -1.94. The van der Waals surface area contributed by atoms with Crippen molar-refractivity contribution >= 4 is 39.5 Å². The van der Waals surface area contributed by atoms with E-state index < -0.39 is 97.5 Å². The predicted molar refractivity (Wildman–Crippen MR) is 377 cm³/mol. The number of carbonyl (C=O) groups excluding carboxylic acids is 4. The molecule has 0 bridgehead atoms. The van der Waals surface area contributed by atoms with Gasteiger partial charge in [-0.05, 0) is 43.4 Å². The van der Waals surface area contributed by atoms with E-state index in [-0.39, 0.29) is 25.7 Å². The maximum absolute atomic E-state index is 13.1. The van der Waals surface area contributed by atoms with Crippen LogP contribution in [0.15, 0.2) is 0 Å². The summed E-state index contributed by atoms with van der Waals surface area (Å²) in [5.41, 5.74) is 0. The zero-order chi connectivity index (χ0) is 68.7. The Labute approximate surface area is 568 Å². The molecule has 5 atom stereocenters. The number of aliphatic hydroxyl groups is 1. The molecule has 0 fully saturated rings. The highest BCUT2D eigenvalue weighted by molar-refractivity contribution is 7.47. The zero-order valence-electron chi connectivity index (χ0n) is 60.7. The van der Waals surface area contributed by atoms with E-state index in [4.69, 9.17) is 37.0 Å². The first-order chi connectivity index (χ1) is 44.7. The van der Waals surface area contributed by atoms with Crippen LogP contribution >= 0.6 is 15.6 Å². The van der Waals surface area contributed by atoms with Crippen molar-refractivity contribution in [2.24, 2.45) is 17.8 Å². The van der Waals surface area contributed by atoms with Gasteiger partial charge in [0.2, 0.25) is 0 Å². The molecule has 3 N–H and O–H groups in total. The van der Waals surface area contributed by atoms with Gasteiger partial charge in [0, 0.05) is 25.7 Å². The number of rotatable bonds is 72. The van der Waals surface area contributed by atoms with Gasteiger partial charge in [0.1, 0.15) is 19.3 Å². The van der Waals surface area contributed by atoms with Crippen LogP contribution in [-0.4, -0.2) is 96.7 Å². The normalized spacial score (nSPS) is 14.1. The van der Waals surface area contributed by atoms with Gasteiger partial charge in [0.25, 0.3) is 0 Å².